The number of anilines is 1. The van der Waals surface area contributed by atoms with Crippen LogP contribution in [0.5, 0.6) is 0 Å². The standard InChI is InChI=1S/C17H18N2O3/c20-16(10-18-17(21)13-8-9-22-11-13)19-15-7-3-5-12-4-1-2-6-14(12)15/h3,5,7-9,11H,1-2,4,6,10H2,(H,18,21)(H,19,20). The summed E-state index contributed by atoms with van der Waals surface area (Å²) in [6.45, 7) is -0.0618. The Bertz CT molecular complexity index is 677. The molecule has 0 fully saturated rings. The summed E-state index contributed by atoms with van der Waals surface area (Å²) in [5.41, 5.74) is 3.80. The fraction of sp³-hybridized carbons (Fsp3) is 0.294. The molecule has 0 radical (unpaired) electrons. The summed E-state index contributed by atoms with van der Waals surface area (Å²) in [4.78, 5) is 23.8. The summed E-state index contributed by atoms with van der Waals surface area (Å²) in [5, 5.41) is 5.47. The molecule has 5 nitrogen and oxygen atoms in total. The van der Waals surface area contributed by atoms with Gasteiger partial charge in [-0.1, -0.05) is 12.1 Å². The first-order chi connectivity index (χ1) is 10.7. The van der Waals surface area contributed by atoms with Crippen molar-refractivity contribution in [3.63, 3.8) is 0 Å². The summed E-state index contributed by atoms with van der Waals surface area (Å²) < 4.78 is 4.84. The summed E-state index contributed by atoms with van der Waals surface area (Å²) in [6.07, 6.45) is 7.18. The predicted molar refractivity (Wildman–Crippen MR) is 82.8 cm³/mol. The smallest absolute Gasteiger partial charge is 0.254 e. The van der Waals surface area contributed by atoms with Gasteiger partial charge in [0.2, 0.25) is 5.91 Å². The van der Waals surface area contributed by atoms with E-state index in [1.54, 1.807) is 6.07 Å². The molecule has 114 valence electrons. The number of rotatable bonds is 4. The minimum Gasteiger partial charge on any atom is -0.472 e. The van der Waals surface area contributed by atoms with Crippen molar-refractivity contribution in [2.75, 3.05) is 11.9 Å². The van der Waals surface area contributed by atoms with Crippen molar-refractivity contribution in [1.82, 2.24) is 5.32 Å². The van der Waals surface area contributed by atoms with Crippen LogP contribution in [0.3, 0.4) is 0 Å². The number of amides is 2. The minimum atomic E-state index is -0.320. The Balaban J connectivity index is 1.59. The molecule has 0 aliphatic heterocycles. The lowest BCUT2D eigenvalue weighted by Crippen LogP contribution is -2.33. The number of fused-ring (bicyclic) bond motifs is 1. The Morgan fingerprint density at radius 3 is 2.82 bits per heavy atom. The van der Waals surface area contributed by atoms with Crippen molar-refractivity contribution in [2.45, 2.75) is 25.7 Å². The van der Waals surface area contributed by atoms with Gasteiger partial charge in [-0.2, -0.15) is 0 Å². The molecule has 2 N–H and O–H groups in total. The molecule has 22 heavy (non-hydrogen) atoms. The van der Waals surface area contributed by atoms with Crippen LogP contribution in [0.1, 0.15) is 34.3 Å². The van der Waals surface area contributed by atoms with Gasteiger partial charge < -0.3 is 15.1 Å². The third-order valence-electron chi connectivity index (χ3n) is 3.86. The van der Waals surface area contributed by atoms with Crippen LogP contribution in [0.2, 0.25) is 0 Å². The Labute approximate surface area is 128 Å². The highest BCUT2D eigenvalue weighted by Crippen LogP contribution is 2.27. The third-order valence-corrected chi connectivity index (χ3v) is 3.86. The van der Waals surface area contributed by atoms with Crippen LogP contribution in [-0.2, 0) is 17.6 Å². The number of benzene rings is 1. The zero-order valence-corrected chi connectivity index (χ0v) is 12.2. The van der Waals surface area contributed by atoms with E-state index in [9.17, 15) is 9.59 Å². The van der Waals surface area contributed by atoms with Crippen molar-refractivity contribution in [3.8, 4) is 0 Å². The molecule has 0 unspecified atom stereocenters. The largest absolute Gasteiger partial charge is 0.472 e. The van der Waals surface area contributed by atoms with E-state index in [1.807, 2.05) is 12.1 Å². The maximum Gasteiger partial charge on any atom is 0.254 e. The number of hydrogen-bond donors (Lipinski definition) is 2. The summed E-state index contributed by atoms with van der Waals surface area (Å²) >= 11 is 0. The average molecular weight is 298 g/mol. The highest BCUT2D eigenvalue weighted by Gasteiger charge is 2.15. The van der Waals surface area contributed by atoms with Gasteiger partial charge in [-0.25, -0.2) is 0 Å². The number of aryl methyl sites for hydroxylation is 1. The van der Waals surface area contributed by atoms with Crippen LogP contribution in [0.25, 0.3) is 0 Å². The molecule has 3 rings (SSSR count). The van der Waals surface area contributed by atoms with Gasteiger partial charge in [0.15, 0.2) is 0 Å². The molecule has 2 amide bonds. The molecule has 0 spiro atoms. The minimum absolute atomic E-state index is 0.0618. The highest BCUT2D eigenvalue weighted by atomic mass is 16.3. The molecule has 1 aromatic carbocycles. The molecule has 0 saturated carbocycles. The Morgan fingerprint density at radius 2 is 2.00 bits per heavy atom. The second-order valence-electron chi connectivity index (χ2n) is 5.39. The van der Waals surface area contributed by atoms with Crippen molar-refractivity contribution in [2.24, 2.45) is 0 Å². The number of furan rings is 1. The lowest BCUT2D eigenvalue weighted by Gasteiger charge is -2.19. The highest BCUT2D eigenvalue weighted by molar-refractivity contribution is 5.99. The summed E-state index contributed by atoms with van der Waals surface area (Å²) in [5.74, 6) is -0.546. The maximum absolute atomic E-state index is 12.0. The monoisotopic (exact) mass is 298 g/mol. The van der Waals surface area contributed by atoms with Crippen LogP contribution in [0, 0.1) is 0 Å². The van der Waals surface area contributed by atoms with E-state index in [4.69, 9.17) is 4.42 Å². The molecule has 1 aliphatic rings. The number of nitrogens with one attached hydrogen (secondary N) is 2. The molecule has 2 aromatic rings. The molecule has 0 bridgehead atoms. The Hall–Kier alpha value is -2.56. The average Bonchev–Trinajstić information content (AvgIpc) is 3.07. The Kier molecular flexibility index (Phi) is 4.23. The van der Waals surface area contributed by atoms with Gasteiger partial charge in [0.05, 0.1) is 18.4 Å². The number of hydrogen-bond acceptors (Lipinski definition) is 3. The second kappa shape index (κ2) is 6.47. The predicted octanol–water partition coefficient (Wildman–Crippen LogP) is 2.53. The summed E-state index contributed by atoms with van der Waals surface area (Å²) in [6, 6.07) is 7.55. The van der Waals surface area contributed by atoms with E-state index >= 15 is 0 Å². The van der Waals surface area contributed by atoms with E-state index < -0.39 is 0 Å². The molecule has 1 heterocycles. The number of carbonyl (C=O) groups is 2. The molecule has 1 aromatic heterocycles. The van der Waals surface area contributed by atoms with E-state index in [2.05, 4.69) is 16.7 Å². The van der Waals surface area contributed by atoms with E-state index in [1.165, 1.54) is 30.1 Å². The maximum atomic E-state index is 12.0. The van der Waals surface area contributed by atoms with Crippen molar-refractivity contribution >= 4 is 17.5 Å². The third kappa shape index (κ3) is 3.19. The SMILES string of the molecule is O=C(CNC(=O)c1ccoc1)Nc1cccc2c1CCCC2. The second-order valence-corrected chi connectivity index (χ2v) is 5.39. The van der Waals surface area contributed by atoms with E-state index in [0.29, 0.717) is 5.56 Å². The van der Waals surface area contributed by atoms with Gasteiger partial charge in [0.1, 0.15) is 6.26 Å². The fourth-order valence-electron chi connectivity index (χ4n) is 2.75. The van der Waals surface area contributed by atoms with Gasteiger partial charge in [0, 0.05) is 5.69 Å². The Morgan fingerprint density at radius 1 is 1.14 bits per heavy atom. The van der Waals surface area contributed by atoms with Crippen molar-refractivity contribution < 1.29 is 14.0 Å². The van der Waals surface area contributed by atoms with Gasteiger partial charge in [-0.15, -0.1) is 0 Å². The van der Waals surface area contributed by atoms with Crippen molar-refractivity contribution in [3.05, 3.63) is 53.5 Å². The van der Waals surface area contributed by atoms with Gasteiger partial charge in [0.25, 0.3) is 5.91 Å². The fourth-order valence-corrected chi connectivity index (χ4v) is 2.75. The van der Waals surface area contributed by atoms with Gasteiger partial charge in [-0.3, -0.25) is 9.59 Å². The zero-order valence-electron chi connectivity index (χ0n) is 12.2. The van der Waals surface area contributed by atoms with Crippen molar-refractivity contribution in [1.29, 1.82) is 0 Å². The summed E-state index contributed by atoms with van der Waals surface area (Å²) in [7, 11) is 0. The van der Waals surface area contributed by atoms with Gasteiger partial charge >= 0.3 is 0 Å². The lowest BCUT2D eigenvalue weighted by molar-refractivity contribution is -0.115. The quantitative estimate of drug-likeness (QED) is 0.911. The van der Waals surface area contributed by atoms with E-state index in [-0.39, 0.29) is 18.4 Å². The molecule has 0 saturated heterocycles. The first kappa shape index (κ1) is 14.4. The first-order valence-electron chi connectivity index (χ1n) is 7.45. The zero-order chi connectivity index (χ0) is 15.4. The molecular formula is C17H18N2O3. The topological polar surface area (TPSA) is 71.3 Å². The molecule has 5 heteroatoms. The van der Waals surface area contributed by atoms with Crippen LogP contribution in [0.15, 0.2) is 41.2 Å². The van der Waals surface area contributed by atoms with Crippen LogP contribution in [0.4, 0.5) is 5.69 Å². The number of carbonyl (C=O) groups excluding carboxylic acids is 2. The van der Waals surface area contributed by atoms with Crippen LogP contribution >= 0.6 is 0 Å². The van der Waals surface area contributed by atoms with Crippen LogP contribution in [-0.4, -0.2) is 18.4 Å². The van der Waals surface area contributed by atoms with Crippen LogP contribution < -0.4 is 10.6 Å². The normalized spacial score (nSPS) is 13.3. The molecular weight excluding hydrogens is 280 g/mol. The molecule has 1 aliphatic carbocycles. The first-order valence-corrected chi connectivity index (χ1v) is 7.45. The lowest BCUT2D eigenvalue weighted by atomic mass is 9.90. The van der Waals surface area contributed by atoms with Gasteiger partial charge in [-0.05, 0) is 48.9 Å². The molecule has 0 atom stereocenters. The van der Waals surface area contributed by atoms with E-state index in [0.717, 1.165) is 24.9 Å².